The van der Waals surface area contributed by atoms with Crippen LogP contribution in [0.3, 0.4) is 0 Å². The first-order chi connectivity index (χ1) is 10.2. The third-order valence-electron chi connectivity index (χ3n) is 3.71. The minimum atomic E-state index is 0.648. The Morgan fingerprint density at radius 2 is 2.14 bits per heavy atom. The molecule has 0 aliphatic carbocycles. The number of anilines is 1. The van der Waals surface area contributed by atoms with Gasteiger partial charge in [-0.25, -0.2) is 9.97 Å². The predicted molar refractivity (Wildman–Crippen MR) is 80.4 cm³/mol. The molecule has 0 unspecified atom stereocenters. The summed E-state index contributed by atoms with van der Waals surface area (Å²) in [4.78, 5) is 14.9. The number of aryl methyl sites for hydroxylation is 2. The number of hydrogen-bond acceptors (Lipinski definition) is 5. The van der Waals surface area contributed by atoms with E-state index in [1.165, 1.54) is 0 Å². The summed E-state index contributed by atoms with van der Waals surface area (Å²) in [6.07, 6.45) is 8.21. The molecule has 0 N–H and O–H groups in total. The minimum Gasteiger partial charge on any atom is -0.359 e. The summed E-state index contributed by atoms with van der Waals surface area (Å²) < 4.78 is 3.89. The highest BCUT2D eigenvalue weighted by Crippen LogP contribution is 2.21. The lowest BCUT2D eigenvalue weighted by atomic mass is 10.2. The van der Waals surface area contributed by atoms with Gasteiger partial charge in [0, 0.05) is 43.8 Å². The van der Waals surface area contributed by atoms with Gasteiger partial charge < -0.3 is 9.47 Å². The van der Waals surface area contributed by atoms with Crippen molar-refractivity contribution in [1.29, 1.82) is 0 Å². The van der Waals surface area contributed by atoms with E-state index in [0.29, 0.717) is 5.78 Å². The van der Waals surface area contributed by atoms with Crippen LogP contribution in [0.15, 0.2) is 25.0 Å². The van der Waals surface area contributed by atoms with Gasteiger partial charge in [0.2, 0.25) is 0 Å². The van der Waals surface area contributed by atoms with Crippen LogP contribution >= 0.6 is 0 Å². The summed E-state index contributed by atoms with van der Waals surface area (Å²) >= 11 is 0. The van der Waals surface area contributed by atoms with Gasteiger partial charge in [-0.3, -0.25) is 0 Å². The van der Waals surface area contributed by atoms with E-state index in [2.05, 4.69) is 43.5 Å². The van der Waals surface area contributed by atoms with Gasteiger partial charge in [0.1, 0.15) is 12.1 Å². The molecule has 110 valence electrons. The maximum absolute atomic E-state index is 4.45. The van der Waals surface area contributed by atoms with Crippen molar-refractivity contribution < 1.29 is 0 Å². The Bertz CT molecular complexity index is 729. The summed E-state index contributed by atoms with van der Waals surface area (Å²) in [5.41, 5.74) is 2.13. The third-order valence-corrected chi connectivity index (χ3v) is 3.71. The molecule has 0 spiro atoms. The van der Waals surface area contributed by atoms with Crippen LogP contribution in [0.4, 0.5) is 5.82 Å². The van der Waals surface area contributed by atoms with Crippen molar-refractivity contribution >= 4 is 11.6 Å². The van der Waals surface area contributed by atoms with Gasteiger partial charge in [0.05, 0.1) is 6.33 Å². The molecule has 0 aromatic carbocycles. The Labute approximate surface area is 123 Å². The minimum absolute atomic E-state index is 0.648. The fourth-order valence-electron chi connectivity index (χ4n) is 2.48. The van der Waals surface area contributed by atoms with Gasteiger partial charge in [-0.15, -0.1) is 0 Å². The number of imidazole rings is 1. The number of nitrogens with zero attached hydrogens (tertiary/aromatic N) is 7. The molecule has 21 heavy (non-hydrogen) atoms. The maximum atomic E-state index is 4.45. The fraction of sp³-hybridized carbons (Fsp3) is 0.429. The second-order valence-corrected chi connectivity index (χ2v) is 5.19. The van der Waals surface area contributed by atoms with Crippen molar-refractivity contribution in [2.24, 2.45) is 0 Å². The standard InChI is InChI=1S/C14H19N7/c1-11-12(2)18-14-16-9-17-21(14)13(11)19(3)6-4-7-20-8-5-15-10-20/h5,8-10H,4,6-7H2,1-3H3. The van der Waals surface area contributed by atoms with Crippen LogP contribution in [0.2, 0.25) is 0 Å². The van der Waals surface area contributed by atoms with Gasteiger partial charge in [0.25, 0.3) is 5.78 Å². The van der Waals surface area contributed by atoms with Crippen LogP contribution in [0.5, 0.6) is 0 Å². The summed E-state index contributed by atoms with van der Waals surface area (Å²) in [5.74, 6) is 1.70. The van der Waals surface area contributed by atoms with E-state index in [-0.39, 0.29) is 0 Å². The number of hydrogen-bond donors (Lipinski definition) is 0. The molecule has 7 heteroatoms. The van der Waals surface area contributed by atoms with Crippen LogP contribution in [0.25, 0.3) is 5.78 Å². The van der Waals surface area contributed by atoms with Crippen molar-refractivity contribution in [1.82, 2.24) is 29.1 Å². The number of rotatable bonds is 5. The van der Waals surface area contributed by atoms with Gasteiger partial charge in [-0.2, -0.15) is 14.6 Å². The second-order valence-electron chi connectivity index (χ2n) is 5.19. The smallest absolute Gasteiger partial charge is 0.254 e. The first kappa shape index (κ1) is 13.5. The van der Waals surface area contributed by atoms with Crippen LogP contribution in [0.1, 0.15) is 17.7 Å². The number of aromatic nitrogens is 6. The molecule has 0 saturated carbocycles. The predicted octanol–water partition coefficient (Wildman–Crippen LogP) is 1.46. The molecule has 3 rings (SSSR count). The summed E-state index contributed by atoms with van der Waals surface area (Å²) in [6.45, 7) is 5.96. The molecule has 0 atom stereocenters. The van der Waals surface area contributed by atoms with E-state index in [9.17, 15) is 0 Å². The zero-order valence-corrected chi connectivity index (χ0v) is 12.6. The van der Waals surface area contributed by atoms with E-state index in [1.54, 1.807) is 17.0 Å². The lowest BCUT2D eigenvalue weighted by molar-refractivity contribution is 0.632. The third kappa shape index (κ3) is 2.58. The Morgan fingerprint density at radius 1 is 1.29 bits per heavy atom. The van der Waals surface area contributed by atoms with Crippen molar-refractivity contribution in [3.63, 3.8) is 0 Å². The van der Waals surface area contributed by atoms with E-state index in [1.807, 2.05) is 19.4 Å². The SMILES string of the molecule is Cc1nc2ncnn2c(N(C)CCCn2ccnc2)c1C. The Kier molecular flexibility index (Phi) is 3.55. The van der Waals surface area contributed by atoms with Gasteiger partial charge in [-0.05, 0) is 20.3 Å². The molecule has 3 aromatic heterocycles. The van der Waals surface area contributed by atoms with Crippen molar-refractivity contribution in [3.8, 4) is 0 Å². The van der Waals surface area contributed by atoms with Crippen LogP contribution in [-0.2, 0) is 6.54 Å². The summed E-state index contributed by atoms with van der Waals surface area (Å²) in [6, 6.07) is 0. The molecule has 0 aliphatic heterocycles. The molecule has 3 heterocycles. The van der Waals surface area contributed by atoms with Gasteiger partial charge in [0.15, 0.2) is 0 Å². The van der Waals surface area contributed by atoms with Crippen molar-refractivity contribution in [2.45, 2.75) is 26.8 Å². The Balaban J connectivity index is 1.79. The van der Waals surface area contributed by atoms with Crippen LogP contribution in [-0.4, -0.2) is 42.7 Å². The average molecular weight is 285 g/mol. The lowest BCUT2D eigenvalue weighted by Gasteiger charge is -2.22. The van der Waals surface area contributed by atoms with Crippen molar-refractivity contribution in [3.05, 3.63) is 36.3 Å². The molecule has 0 radical (unpaired) electrons. The van der Waals surface area contributed by atoms with Gasteiger partial charge in [-0.1, -0.05) is 0 Å². The molecule has 0 aliphatic rings. The van der Waals surface area contributed by atoms with E-state index < -0.39 is 0 Å². The number of fused-ring (bicyclic) bond motifs is 1. The monoisotopic (exact) mass is 285 g/mol. The molecular formula is C14H19N7. The topological polar surface area (TPSA) is 64.1 Å². The largest absolute Gasteiger partial charge is 0.359 e. The first-order valence-electron chi connectivity index (χ1n) is 7.00. The molecule has 0 fully saturated rings. The van der Waals surface area contributed by atoms with Gasteiger partial charge >= 0.3 is 0 Å². The second kappa shape index (κ2) is 5.51. The fourth-order valence-corrected chi connectivity index (χ4v) is 2.48. The average Bonchev–Trinajstić information content (AvgIpc) is 3.11. The Hall–Kier alpha value is -2.44. The highest BCUT2D eigenvalue weighted by Gasteiger charge is 2.14. The molecule has 0 saturated heterocycles. The van der Waals surface area contributed by atoms with E-state index in [4.69, 9.17) is 0 Å². The normalized spacial score (nSPS) is 11.2. The molecule has 7 nitrogen and oxygen atoms in total. The quantitative estimate of drug-likeness (QED) is 0.710. The first-order valence-corrected chi connectivity index (χ1v) is 7.00. The lowest BCUT2D eigenvalue weighted by Crippen LogP contribution is -2.24. The van der Waals surface area contributed by atoms with E-state index in [0.717, 1.165) is 36.6 Å². The highest BCUT2D eigenvalue weighted by atomic mass is 15.4. The zero-order chi connectivity index (χ0) is 14.8. The van der Waals surface area contributed by atoms with Crippen LogP contribution in [0, 0.1) is 13.8 Å². The van der Waals surface area contributed by atoms with Crippen LogP contribution < -0.4 is 4.90 Å². The van der Waals surface area contributed by atoms with Crippen molar-refractivity contribution in [2.75, 3.05) is 18.5 Å². The zero-order valence-electron chi connectivity index (χ0n) is 12.6. The Morgan fingerprint density at radius 3 is 2.90 bits per heavy atom. The highest BCUT2D eigenvalue weighted by molar-refractivity contribution is 5.53. The summed E-state index contributed by atoms with van der Waals surface area (Å²) in [7, 11) is 2.08. The summed E-state index contributed by atoms with van der Waals surface area (Å²) in [5, 5.41) is 4.29. The van der Waals surface area contributed by atoms with E-state index >= 15 is 0 Å². The molecule has 0 amide bonds. The molecular weight excluding hydrogens is 266 g/mol. The maximum Gasteiger partial charge on any atom is 0.254 e. The molecule has 3 aromatic rings. The molecule has 0 bridgehead atoms.